The molecule has 0 unspecified atom stereocenters. The van der Waals surface area contributed by atoms with Crippen molar-refractivity contribution in [3.05, 3.63) is 28.8 Å². The van der Waals surface area contributed by atoms with Crippen molar-refractivity contribution in [2.24, 2.45) is 0 Å². The minimum Gasteiger partial charge on any atom is -0.496 e. The van der Waals surface area contributed by atoms with Gasteiger partial charge in [-0.15, -0.1) is 11.6 Å². The van der Waals surface area contributed by atoms with Crippen LogP contribution in [0.1, 0.15) is 16.7 Å². The van der Waals surface area contributed by atoms with Gasteiger partial charge in [-0.05, 0) is 31.0 Å². The van der Waals surface area contributed by atoms with Crippen molar-refractivity contribution in [1.82, 2.24) is 5.32 Å². The molecule has 1 rings (SSSR count). The number of alkyl halides is 1. The molecule has 1 aromatic rings. The van der Waals surface area contributed by atoms with Crippen molar-refractivity contribution in [2.75, 3.05) is 13.1 Å². The Labute approximate surface area is 90.2 Å². The largest absolute Gasteiger partial charge is 0.496 e. The number of benzene rings is 1. The van der Waals surface area contributed by atoms with Crippen LogP contribution in [0.2, 0.25) is 0 Å². The smallest absolute Gasteiger partial charge is 0.123 e. The molecule has 0 heterocycles. The summed E-state index contributed by atoms with van der Waals surface area (Å²) in [6, 6.07) is 4.64. The van der Waals surface area contributed by atoms with E-state index in [0.29, 0.717) is 6.00 Å². The predicted octanol–water partition coefficient (Wildman–Crippen LogP) is 2.60. The fourth-order valence-electron chi connectivity index (χ4n) is 1.54. The molecule has 2 nitrogen and oxygen atoms in total. The van der Waals surface area contributed by atoms with Crippen LogP contribution in [0.4, 0.5) is 0 Å². The summed E-state index contributed by atoms with van der Waals surface area (Å²) in [6.07, 6.45) is 0. The zero-order valence-corrected chi connectivity index (χ0v) is 9.61. The molecule has 14 heavy (non-hydrogen) atoms. The highest BCUT2D eigenvalue weighted by molar-refractivity contribution is 6.17. The average Bonchev–Trinajstić information content (AvgIpc) is 2.15. The SMILES string of the molecule is COc1cc(C)cc(C)c1CNCCl. The molecule has 0 aliphatic heterocycles. The highest BCUT2D eigenvalue weighted by Crippen LogP contribution is 2.23. The van der Waals surface area contributed by atoms with Gasteiger partial charge in [0.25, 0.3) is 0 Å². The third kappa shape index (κ3) is 2.63. The zero-order chi connectivity index (χ0) is 10.6. The maximum atomic E-state index is 5.58. The number of hydrogen-bond donors (Lipinski definition) is 1. The van der Waals surface area contributed by atoms with Gasteiger partial charge in [-0.25, -0.2) is 0 Å². The molecule has 78 valence electrons. The highest BCUT2D eigenvalue weighted by atomic mass is 35.5. The Hall–Kier alpha value is -0.730. The molecule has 0 spiro atoms. The summed E-state index contributed by atoms with van der Waals surface area (Å²) >= 11 is 5.58. The second-order valence-electron chi connectivity index (χ2n) is 3.32. The van der Waals surface area contributed by atoms with Crippen molar-refractivity contribution in [3.63, 3.8) is 0 Å². The van der Waals surface area contributed by atoms with Crippen LogP contribution < -0.4 is 10.1 Å². The summed E-state index contributed by atoms with van der Waals surface area (Å²) in [5.41, 5.74) is 3.63. The van der Waals surface area contributed by atoms with Crippen LogP contribution >= 0.6 is 11.6 Å². The topological polar surface area (TPSA) is 21.3 Å². The number of halogens is 1. The Morgan fingerprint density at radius 3 is 2.64 bits per heavy atom. The lowest BCUT2D eigenvalue weighted by Gasteiger charge is -2.12. The lowest BCUT2D eigenvalue weighted by atomic mass is 10.0. The van der Waals surface area contributed by atoms with Crippen molar-refractivity contribution in [1.29, 1.82) is 0 Å². The van der Waals surface area contributed by atoms with Crippen molar-refractivity contribution < 1.29 is 4.74 Å². The minimum absolute atomic E-state index is 0.455. The molecular formula is C11H16ClNO. The number of rotatable bonds is 4. The highest BCUT2D eigenvalue weighted by Gasteiger charge is 2.06. The first kappa shape index (κ1) is 11.3. The maximum absolute atomic E-state index is 5.58. The van der Waals surface area contributed by atoms with E-state index in [0.717, 1.165) is 12.3 Å². The van der Waals surface area contributed by atoms with Gasteiger partial charge in [0.2, 0.25) is 0 Å². The fourth-order valence-corrected chi connectivity index (χ4v) is 1.63. The van der Waals surface area contributed by atoms with Gasteiger partial charge >= 0.3 is 0 Å². The first-order valence-corrected chi connectivity index (χ1v) is 5.13. The van der Waals surface area contributed by atoms with Crippen molar-refractivity contribution in [3.8, 4) is 5.75 Å². The van der Waals surface area contributed by atoms with Crippen LogP contribution in [-0.4, -0.2) is 13.1 Å². The number of ether oxygens (including phenoxy) is 1. The quantitative estimate of drug-likeness (QED) is 0.613. The summed E-state index contributed by atoms with van der Waals surface area (Å²) in [4.78, 5) is 0. The summed E-state index contributed by atoms with van der Waals surface area (Å²) in [7, 11) is 1.69. The molecule has 0 fully saturated rings. The average molecular weight is 214 g/mol. The number of hydrogen-bond acceptors (Lipinski definition) is 2. The first-order chi connectivity index (χ1) is 6.69. The van der Waals surface area contributed by atoms with Gasteiger partial charge < -0.3 is 4.74 Å². The molecule has 0 saturated heterocycles. The van der Waals surface area contributed by atoms with E-state index in [1.807, 2.05) is 6.07 Å². The second-order valence-corrected chi connectivity index (χ2v) is 3.59. The van der Waals surface area contributed by atoms with E-state index in [-0.39, 0.29) is 0 Å². The first-order valence-electron chi connectivity index (χ1n) is 4.59. The van der Waals surface area contributed by atoms with Crippen molar-refractivity contribution in [2.45, 2.75) is 20.4 Å². The molecule has 0 atom stereocenters. The summed E-state index contributed by atoms with van der Waals surface area (Å²) in [6.45, 7) is 4.90. The molecule has 0 aliphatic rings. The Bertz CT molecular complexity index is 312. The molecule has 0 aromatic heterocycles. The third-order valence-corrected chi connectivity index (χ3v) is 2.38. The van der Waals surface area contributed by atoms with Gasteiger partial charge in [0.15, 0.2) is 0 Å². The second kappa shape index (κ2) is 5.23. The molecule has 0 bridgehead atoms. The lowest BCUT2D eigenvalue weighted by Crippen LogP contribution is -2.12. The van der Waals surface area contributed by atoms with E-state index in [2.05, 4.69) is 25.2 Å². The van der Waals surface area contributed by atoms with Crippen LogP contribution in [0.15, 0.2) is 12.1 Å². The molecule has 0 amide bonds. The summed E-state index contributed by atoms with van der Waals surface area (Å²) in [5, 5.41) is 3.08. The van der Waals surface area contributed by atoms with Gasteiger partial charge in [0.05, 0.1) is 13.1 Å². The number of nitrogens with one attached hydrogen (secondary N) is 1. The van der Waals surface area contributed by atoms with Gasteiger partial charge in [0, 0.05) is 12.1 Å². The predicted molar refractivity (Wildman–Crippen MR) is 60.0 cm³/mol. The molecule has 1 N–H and O–H groups in total. The minimum atomic E-state index is 0.455. The van der Waals surface area contributed by atoms with Gasteiger partial charge in [-0.1, -0.05) is 6.07 Å². The molecule has 0 aliphatic carbocycles. The standard InChI is InChI=1S/C11H16ClNO/c1-8-4-9(2)10(6-13-7-12)11(5-8)14-3/h4-5,13H,6-7H2,1-3H3. The van der Waals surface area contributed by atoms with E-state index in [4.69, 9.17) is 16.3 Å². The van der Waals surface area contributed by atoms with Crippen LogP contribution in [0, 0.1) is 13.8 Å². The van der Waals surface area contributed by atoms with Gasteiger partial charge in [-0.2, -0.15) is 0 Å². The summed E-state index contributed by atoms with van der Waals surface area (Å²) < 4.78 is 5.32. The zero-order valence-electron chi connectivity index (χ0n) is 8.86. The van der Waals surface area contributed by atoms with Crippen molar-refractivity contribution >= 4 is 11.6 Å². The monoisotopic (exact) mass is 213 g/mol. The fraction of sp³-hybridized carbons (Fsp3) is 0.455. The van der Waals surface area contributed by atoms with E-state index in [1.54, 1.807) is 7.11 Å². The maximum Gasteiger partial charge on any atom is 0.123 e. The Morgan fingerprint density at radius 1 is 1.36 bits per heavy atom. The van der Waals surface area contributed by atoms with Gasteiger partial charge in [-0.3, -0.25) is 5.32 Å². The van der Waals surface area contributed by atoms with Gasteiger partial charge in [0.1, 0.15) is 5.75 Å². The number of methoxy groups -OCH3 is 1. The molecule has 0 saturated carbocycles. The molecule has 0 radical (unpaired) electrons. The Morgan fingerprint density at radius 2 is 2.07 bits per heavy atom. The molecular weight excluding hydrogens is 198 g/mol. The number of aryl methyl sites for hydroxylation is 2. The van der Waals surface area contributed by atoms with E-state index >= 15 is 0 Å². The van der Waals surface area contributed by atoms with E-state index in [1.165, 1.54) is 16.7 Å². The van der Waals surface area contributed by atoms with E-state index < -0.39 is 0 Å². The molecule has 3 heteroatoms. The Kier molecular flexibility index (Phi) is 4.23. The normalized spacial score (nSPS) is 10.3. The summed E-state index contributed by atoms with van der Waals surface area (Å²) in [5.74, 6) is 0.931. The van der Waals surface area contributed by atoms with Crippen LogP contribution in [-0.2, 0) is 6.54 Å². The van der Waals surface area contributed by atoms with Crippen LogP contribution in [0.25, 0.3) is 0 Å². The Balaban J connectivity index is 2.99. The lowest BCUT2D eigenvalue weighted by molar-refractivity contribution is 0.407. The van der Waals surface area contributed by atoms with Crippen LogP contribution in [0.5, 0.6) is 5.75 Å². The molecule has 1 aromatic carbocycles. The van der Waals surface area contributed by atoms with Crippen LogP contribution in [0.3, 0.4) is 0 Å². The third-order valence-electron chi connectivity index (χ3n) is 2.19. The van der Waals surface area contributed by atoms with E-state index in [9.17, 15) is 0 Å².